The fourth-order valence-electron chi connectivity index (χ4n) is 3.15. The molecule has 6 heteroatoms. The zero-order valence-electron chi connectivity index (χ0n) is 14.1. The number of benzene rings is 1. The van der Waals surface area contributed by atoms with Gasteiger partial charge in [0.2, 0.25) is 11.8 Å². The van der Waals surface area contributed by atoms with Crippen LogP contribution >= 0.6 is 11.6 Å². The van der Waals surface area contributed by atoms with Gasteiger partial charge < -0.3 is 16.0 Å². The lowest BCUT2D eigenvalue weighted by Crippen LogP contribution is -2.44. The highest BCUT2D eigenvalue weighted by Gasteiger charge is 2.29. The first-order chi connectivity index (χ1) is 11.5. The minimum atomic E-state index is -0.195. The van der Waals surface area contributed by atoms with Gasteiger partial charge in [0.05, 0.1) is 6.54 Å². The first-order valence-electron chi connectivity index (χ1n) is 8.59. The zero-order valence-corrected chi connectivity index (χ0v) is 14.9. The molecule has 1 aliphatic carbocycles. The summed E-state index contributed by atoms with van der Waals surface area (Å²) in [5.74, 6) is -0.193. The van der Waals surface area contributed by atoms with E-state index in [-0.39, 0.29) is 30.3 Å². The van der Waals surface area contributed by atoms with Crippen LogP contribution in [0.2, 0.25) is 5.02 Å². The topological polar surface area (TPSA) is 75.4 Å². The Morgan fingerprint density at radius 3 is 2.62 bits per heavy atom. The lowest BCUT2D eigenvalue weighted by Gasteiger charge is -2.31. The van der Waals surface area contributed by atoms with Crippen LogP contribution in [0.5, 0.6) is 0 Å². The van der Waals surface area contributed by atoms with E-state index in [2.05, 4.69) is 5.32 Å². The van der Waals surface area contributed by atoms with Crippen molar-refractivity contribution in [3.63, 3.8) is 0 Å². The van der Waals surface area contributed by atoms with E-state index < -0.39 is 0 Å². The number of rotatable bonds is 6. The van der Waals surface area contributed by atoms with Crippen molar-refractivity contribution in [2.45, 2.75) is 45.1 Å². The number of amides is 2. The maximum absolute atomic E-state index is 12.7. The first-order valence-corrected chi connectivity index (χ1v) is 8.97. The minimum absolute atomic E-state index is 0.0522. The highest BCUT2D eigenvalue weighted by atomic mass is 35.5. The third kappa shape index (κ3) is 5.49. The molecule has 0 saturated heterocycles. The Morgan fingerprint density at radius 2 is 2.00 bits per heavy atom. The molecule has 1 saturated carbocycles. The molecule has 1 fully saturated rings. The molecule has 132 valence electrons. The maximum Gasteiger partial charge on any atom is 0.243 e. The van der Waals surface area contributed by atoms with Crippen LogP contribution in [0, 0.1) is 5.92 Å². The molecular weight excluding hydrogens is 326 g/mol. The molecule has 0 aromatic heterocycles. The minimum Gasteiger partial charge on any atom is -0.333 e. The average molecular weight is 352 g/mol. The average Bonchev–Trinajstić information content (AvgIpc) is 2.56. The second-order valence-electron chi connectivity index (χ2n) is 6.44. The Bertz CT molecular complexity index is 562. The Labute approximate surface area is 148 Å². The van der Waals surface area contributed by atoms with Crippen LogP contribution < -0.4 is 11.1 Å². The summed E-state index contributed by atoms with van der Waals surface area (Å²) < 4.78 is 0. The van der Waals surface area contributed by atoms with Crippen LogP contribution in [0.4, 0.5) is 5.69 Å². The van der Waals surface area contributed by atoms with Gasteiger partial charge in [0.1, 0.15) is 0 Å². The summed E-state index contributed by atoms with van der Waals surface area (Å²) in [6.45, 7) is 2.66. The molecule has 0 heterocycles. The number of carbonyl (C=O) groups is 2. The molecular formula is C18H26ClN3O2. The number of hydrogen-bond donors (Lipinski definition) is 2. The molecule has 3 N–H and O–H groups in total. The van der Waals surface area contributed by atoms with Crippen molar-refractivity contribution in [2.24, 2.45) is 11.7 Å². The van der Waals surface area contributed by atoms with Crippen LogP contribution in [0.25, 0.3) is 0 Å². The zero-order chi connectivity index (χ0) is 17.5. The number of hydrogen-bond acceptors (Lipinski definition) is 3. The molecule has 2 amide bonds. The van der Waals surface area contributed by atoms with Gasteiger partial charge in [-0.15, -0.1) is 0 Å². The van der Waals surface area contributed by atoms with E-state index in [4.69, 9.17) is 17.3 Å². The molecule has 5 nitrogen and oxygen atoms in total. The van der Waals surface area contributed by atoms with Crippen molar-refractivity contribution >= 4 is 29.1 Å². The van der Waals surface area contributed by atoms with Crippen molar-refractivity contribution in [1.82, 2.24) is 4.90 Å². The fourth-order valence-corrected chi connectivity index (χ4v) is 3.28. The lowest BCUT2D eigenvalue weighted by molar-refractivity contribution is -0.139. The number of halogens is 1. The molecule has 2 atom stereocenters. The Morgan fingerprint density at radius 1 is 1.29 bits per heavy atom. The fraction of sp³-hybridized carbons (Fsp3) is 0.556. The van der Waals surface area contributed by atoms with Gasteiger partial charge in [-0.05, 0) is 49.9 Å². The predicted octanol–water partition coefficient (Wildman–Crippen LogP) is 3.03. The van der Waals surface area contributed by atoms with E-state index in [1.165, 1.54) is 0 Å². The van der Waals surface area contributed by atoms with Crippen molar-refractivity contribution in [3.8, 4) is 0 Å². The van der Waals surface area contributed by atoms with E-state index in [9.17, 15) is 9.59 Å². The molecule has 2 unspecified atom stereocenters. The van der Waals surface area contributed by atoms with E-state index in [0.29, 0.717) is 17.3 Å². The quantitative estimate of drug-likeness (QED) is 0.827. The van der Waals surface area contributed by atoms with Gasteiger partial charge in [0.15, 0.2) is 0 Å². The van der Waals surface area contributed by atoms with Crippen LogP contribution in [0.3, 0.4) is 0 Å². The molecule has 0 spiro atoms. The molecule has 1 aliphatic rings. The predicted molar refractivity (Wildman–Crippen MR) is 96.9 cm³/mol. The van der Waals surface area contributed by atoms with Gasteiger partial charge in [-0.2, -0.15) is 0 Å². The molecule has 0 radical (unpaired) electrons. The first kappa shape index (κ1) is 18.7. The molecule has 0 aliphatic heterocycles. The van der Waals surface area contributed by atoms with Gasteiger partial charge in [-0.25, -0.2) is 0 Å². The van der Waals surface area contributed by atoms with E-state index in [1.807, 2.05) is 6.92 Å². The molecule has 1 aromatic rings. The number of carbonyl (C=O) groups excluding carboxylic acids is 2. The SMILES string of the molecule is CCCN(CC(=O)Nc1ccc(Cl)cc1)C(=O)C1CCCC(N)C1. The van der Waals surface area contributed by atoms with Gasteiger partial charge in [-0.1, -0.05) is 24.9 Å². The monoisotopic (exact) mass is 351 g/mol. The van der Waals surface area contributed by atoms with Crippen molar-refractivity contribution in [3.05, 3.63) is 29.3 Å². The maximum atomic E-state index is 12.7. The number of nitrogens with zero attached hydrogens (tertiary/aromatic N) is 1. The number of anilines is 1. The van der Waals surface area contributed by atoms with Crippen LogP contribution in [-0.4, -0.2) is 35.8 Å². The molecule has 24 heavy (non-hydrogen) atoms. The van der Waals surface area contributed by atoms with E-state index in [1.54, 1.807) is 29.2 Å². The standard InChI is InChI=1S/C18H26ClN3O2/c1-2-10-22(18(24)13-4-3-5-15(20)11-13)12-17(23)21-16-8-6-14(19)7-9-16/h6-9,13,15H,2-5,10-12,20H2,1H3,(H,21,23). The summed E-state index contributed by atoms with van der Waals surface area (Å²) in [7, 11) is 0. The Kier molecular flexibility index (Phi) is 7.06. The summed E-state index contributed by atoms with van der Waals surface area (Å²) in [5, 5.41) is 3.42. The lowest BCUT2D eigenvalue weighted by atomic mass is 9.85. The second-order valence-corrected chi connectivity index (χ2v) is 6.87. The second kappa shape index (κ2) is 9.04. The number of nitrogens with one attached hydrogen (secondary N) is 1. The summed E-state index contributed by atoms with van der Waals surface area (Å²) in [6, 6.07) is 7.02. The van der Waals surface area contributed by atoms with E-state index >= 15 is 0 Å². The third-order valence-corrected chi connectivity index (χ3v) is 4.58. The smallest absolute Gasteiger partial charge is 0.243 e. The van der Waals surface area contributed by atoms with Gasteiger partial charge in [-0.3, -0.25) is 9.59 Å². The molecule has 1 aromatic carbocycles. The van der Waals surface area contributed by atoms with Crippen molar-refractivity contribution in [1.29, 1.82) is 0 Å². The van der Waals surface area contributed by atoms with Crippen LogP contribution in [-0.2, 0) is 9.59 Å². The highest BCUT2D eigenvalue weighted by Crippen LogP contribution is 2.25. The van der Waals surface area contributed by atoms with Crippen LogP contribution in [0.1, 0.15) is 39.0 Å². The third-order valence-electron chi connectivity index (χ3n) is 4.33. The van der Waals surface area contributed by atoms with Gasteiger partial charge in [0.25, 0.3) is 0 Å². The van der Waals surface area contributed by atoms with Crippen LogP contribution in [0.15, 0.2) is 24.3 Å². The molecule has 0 bridgehead atoms. The van der Waals surface area contributed by atoms with Gasteiger partial charge in [0, 0.05) is 29.2 Å². The summed E-state index contributed by atoms with van der Waals surface area (Å²) in [6.07, 6.45) is 4.37. The Balaban J connectivity index is 1.95. The number of nitrogens with two attached hydrogens (primary N) is 1. The van der Waals surface area contributed by atoms with Crippen molar-refractivity contribution in [2.75, 3.05) is 18.4 Å². The van der Waals surface area contributed by atoms with E-state index in [0.717, 1.165) is 32.1 Å². The summed E-state index contributed by atoms with van der Waals surface area (Å²) in [5.41, 5.74) is 6.67. The van der Waals surface area contributed by atoms with Crippen molar-refractivity contribution < 1.29 is 9.59 Å². The molecule has 2 rings (SSSR count). The van der Waals surface area contributed by atoms with Gasteiger partial charge >= 0.3 is 0 Å². The summed E-state index contributed by atoms with van der Waals surface area (Å²) >= 11 is 5.84. The largest absolute Gasteiger partial charge is 0.333 e. The summed E-state index contributed by atoms with van der Waals surface area (Å²) in [4.78, 5) is 26.7. The normalized spacial score (nSPS) is 20.5. The highest BCUT2D eigenvalue weighted by molar-refractivity contribution is 6.30. The Hall–Kier alpha value is -1.59.